The molecule has 9 heteroatoms. The van der Waals surface area contributed by atoms with Crippen molar-refractivity contribution in [1.82, 2.24) is 5.32 Å². The van der Waals surface area contributed by atoms with Gasteiger partial charge in [-0.15, -0.1) is 0 Å². The van der Waals surface area contributed by atoms with Crippen LogP contribution in [0.25, 0.3) is 0 Å². The smallest absolute Gasteiger partial charge is 0.254 e. The molecule has 1 aliphatic rings. The number of amides is 2. The number of para-hydroxylation sites is 1. The first-order valence-corrected chi connectivity index (χ1v) is 12.1. The lowest BCUT2D eigenvalue weighted by atomic mass is 9.85. The number of carbonyl (C=O) groups is 2. The maximum atomic E-state index is 13.3. The Morgan fingerprint density at radius 1 is 1.08 bits per heavy atom. The Bertz CT molecular complexity index is 1360. The van der Waals surface area contributed by atoms with E-state index in [4.69, 9.17) is 9.15 Å². The van der Waals surface area contributed by atoms with E-state index < -0.39 is 5.92 Å². The van der Waals surface area contributed by atoms with Crippen molar-refractivity contribution in [3.63, 3.8) is 0 Å². The second-order valence-electron chi connectivity index (χ2n) is 7.86. The number of carbonyl (C=O) groups excluding carboxylic acids is 2. The molecule has 2 amide bonds. The Kier molecular flexibility index (Phi) is 7.78. The quantitative estimate of drug-likeness (QED) is 0.399. The van der Waals surface area contributed by atoms with E-state index in [0.717, 1.165) is 0 Å². The number of hydrogen-bond acceptors (Lipinski definition) is 7. The molecular formula is C27H24N4O4S. The number of allylic oxidation sites excluding steroid dienone is 2. The molecule has 0 saturated carbocycles. The van der Waals surface area contributed by atoms with Gasteiger partial charge in [0.2, 0.25) is 5.91 Å². The van der Waals surface area contributed by atoms with Crippen LogP contribution in [0.5, 0.6) is 5.75 Å². The summed E-state index contributed by atoms with van der Waals surface area (Å²) in [6.07, 6.45) is 1.50. The van der Waals surface area contributed by atoms with Crippen molar-refractivity contribution < 1.29 is 18.7 Å². The number of ether oxygens (including phenoxy) is 1. The molecule has 1 atom stereocenters. The second-order valence-corrected chi connectivity index (χ2v) is 8.84. The van der Waals surface area contributed by atoms with Crippen LogP contribution >= 0.6 is 11.8 Å². The van der Waals surface area contributed by atoms with E-state index in [1.54, 1.807) is 62.6 Å². The van der Waals surface area contributed by atoms with Gasteiger partial charge in [0, 0.05) is 23.1 Å². The summed E-state index contributed by atoms with van der Waals surface area (Å²) in [4.78, 5) is 25.9. The van der Waals surface area contributed by atoms with Crippen molar-refractivity contribution in [2.75, 3.05) is 23.5 Å². The zero-order valence-corrected chi connectivity index (χ0v) is 20.5. The predicted molar refractivity (Wildman–Crippen MR) is 139 cm³/mol. The van der Waals surface area contributed by atoms with E-state index in [0.29, 0.717) is 44.8 Å². The molecule has 0 saturated heterocycles. The number of methoxy groups -OCH3 is 1. The fraction of sp³-hybridized carbons (Fsp3) is 0.148. The van der Waals surface area contributed by atoms with Crippen molar-refractivity contribution in [2.24, 2.45) is 0 Å². The van der Waals surface area contributed by atoms with Crippen LogP contribution in [-0.2, 0) is 9.59 Å². The summed E-state index contributed by atoms with van der Waals surface area (Å²) >= 11 is 1.19. The van der Waals surface area contributed by atoms with Crippen LogP contribution in [0, 0.1) is 11.3 Å². The molecule has 36 heavy (non-hydrogen) atoms. The van der Waals surface area contributed by atoms with E-state index >= 15 is 0 Å². The van der Waals surface area contributed by atoms with Crippen molar-refractivity contribution in [3.8, 4) is 11.8 Å². The van der Waals surface area contributed by atoms with Gasteiger partial charge in [0.15, 0.2) is 0 Å². The van der Waals surface area contributed by atoms with Gasteiger partial charge in [0.25, 0.3) is 5.91 Å². The number of furan rings is 1. The number of benzene rings is 2. The highest BCUT2D eigenvalue weighted by Crippen LogP contribution is 2.41. The van der Waals surface area contributed by atoms with Crippen molar-refractivity contribution >= 4 is 35.0 Å². The van der Waals surface area contributed by atoms with Crippen LogP contribution in [0.4, 0.5) is 11.4 Å². The lowest BCUT2D eigenvalue weighted by Gasteiger charge is -2.28. The molecule has 0 fully saturated rings. The first-order valence-electron chi connectivity index (χ1n) is 11.1. The largest absolute Gasteiger partial charge is 0.497 e. The molecule has 4 rings (SSSR count). The molecule has 8 nitrogen and oxygen atoms in total. The summed E-state index contributed by atoms with van der Waals surface area (Å²) in [7, 11) is 1.56. The fourth-order valence-corrected chi connectivity index (χ4v) is 4.71. The minimum absolute atomic E-state index is 0.0500. The number of thioether (sulfide) groups is 1. The Labute approximate surface area is 213 Å². The number of rotatable bonds is 8. The van der Waals surface area contributed by atoms with Crippen LogP contribution < -0.4 is 20.7 Å². The average Bonchev–Trinajstić information content (AvgIpc) is 3.42. The molecular weight excluding hydrogens is 476 g/mol. The van der Waals surface area contributed by atoms with Gasteiger partial charge in [-0.05, 0) is 43.3 Å². The standard InChI is InChI=1S/C27H24N4O4S/c1-17-24(26(33)31-18-8-4-3-5-9-18)25(22-12-7-13-35-22)21(15-28)27(29-17)36-16-23(32)30-19-10-6-11-20(14-19)34-2/h3-14,25,29H,16H2,1-2H3,(H,30,32)(H,31,33). The normalized spacial score (nSPS) is 15.1. The molecule has 0 spiro atoms. The van der Waals surface area contributed by atoms with Crippen molar-refractivity contribution in [1.29, 1.82) is 5.26 Å². The highest BCUT2D eigenvalue weighted by atomic mass is 32.2. The topological polar surface area (TPSA) is 116 Å². The van der Waals surface area contributed by atoms with Gasteiger partial charge in [-0.25, -0.2) is 0 Å². The van der Waals surface area contributed by atoms with E-state index in [1.165, 1.54) is 18.0 Å². The summed E-state index contributed by atoms with van der Waals surface area (Å²) in [5.41, 5.74) is 2.48. The number of anilines is 2. The first-order chi connectivity index (χ1) is 17.5. The molecule has 0 bridgehead atoms. The predicted octanol–water partition coefficient (Wildman–Crippen LogP) is 4.99. The minimum atomic E-state index is -0.723. The van der Waals surface area contributed by atoms with Gasteiger partial charge in [-0.1, -0.05) is 36.0 Å². The molecule has 0 radical (unpaired) electrons. The van der Waals surface area contributed by atoms with E-state index in [-0.39, 0.29) is 17.6 Å². The minimum Gasteiger partial charge on any atom is -0.497 e. The van der Waals surface area contributed by atoms with E-state index in [2.05, 4.69) is 22.0 Å². The molecule has 1 aromatic heterocycles. The summed E-state index contributed by atoms with van der Waals surface area (Å²) in [6, 6.07) is 21.8. The average molecular weight is 501 g/mol. The molecule has 182 valence electrons. The third-order valence-corrected chi connectivity index (χ3v) is 6.47. The molecule has 1 aliphatic heterocycles. The number of nitrogens with zero attached hydrogens (tertiary/aromatic N) is 1. The van der Waals surface area contributed by atoms with Gasteiger partial charge in [-0.2, -0.15) is 5.26 Å². The summed E-state index contributed by atoms with van der Waals surface area (Å²) < 4.78 is 10.8. The van der Waals surface area contributed by atoms with Crippen molar-refractivity contribution in [2.45, 2.75) is 12.8 Å². The first kappa shape index (κ1) is 24.7. The Morgan fingerprint density at radius 2 is 1.86 bits per heavy atom. The van der Waals surface area contributed by atoms with Gasteiger partial charge in [-0.3, -0.25) is 9.59 Å². The van der Waals surface area contributed by atoms with Gasteiger partial charge in [0.05, 0.1) is 47.3 Å². The van der Waals surface area contributed by atoms with Crippen LogP contribution in [0.1, 0.15) is 18.6 Å². The van der Waals surface area contributed by atoms with Crippen LogP contribution in [0.2, 0.25) is 0 Å². The monoisotopic (exact) mass is 500 g/mol. The lowest BCUT2D eigenvalue weighted by molar-refractivity contribution is -0.114. The number of nitriles is 1. The zero-order valence-electron chi connectivity index (χ0n) is 19.7. The van der Waals surface area contributed by atoms with Crippen LogP contribution in [0.15, 0.2) is 99.3 Å². The van der Waals surface area contributed by atoms with Crippen LogP contribution in [-0.4, -0.2) is 24.7 Å². The molecule has 3 N–H and O–H groups in total. The Balaban J connectivity index is 1.56. The van der Waals surface area contributed by atoms with Gasteiger partial charge < -0.3 is 25.1 Å². The fourth-order valence-electron chi connectivity index (χ4n) is 3.82. The zero-order chi connectivity index (χ0) is 25.5. The summed E-state index contributed by atoms with van der Waals surface area (Å²) in [6.45, 7) is 1.76. The number of nitrogens with one attached hydrogen (secondary N) is 3. The highest BCUT2D eigenvalue weighted by molar-refractivity contribution is 8.03. The van der Waals surface area contributed by atoms with Crippen LogP contribution in [0.3, 0.4) is 0 Å². The van der Waals surface area contributed by atoms with Crippen molar-refractivity contribution in [3.05, 3.63) is 101 Å². The molecule has 1 unspecified atom stereocenters. The third-order valence-electron chi connectivity index (χ3n) is 5.45. The lowest BCUT2D eigenvalue weighted by Crippen LogP contribution is -2.31. The summed E-state index contributed by atoms with van der Waals surface area (Å²) in [5, 5.41) is 19.5. The second kappa shape index (κ2) is 11.3. The highest BCUT2D eigenvalue weighted by Gasteiger charge is 2.36. The molecule has 2 heterocycles. The van der Waals surface area contributed by atoms with Gasteiger partial charge in [0.1, 0.15) is 11.5 Å². The molecule has 3 aromatic rings. The number of hydrogen-bond donors (Lipinski definition) is 3. The molecule has 2 aromatic carbocycles. The molecule has 0 aliphatic carbocycles. The maximum Gasteiger partial charge on any atom is 0.254 e. The van der Waals surface area contributed by atoms with E-state index in [9.17, 15) is 14.9 Å². The maximum absolute atomic E-state index is 13.3. The number of dihydropyridines is 1. The Hall–Kier alpha value is -4.42. The summed E-state index contributed by atoms with van der Waals surface area (Å²) in [5.74, 6) is -0.173. The SMILES string of the molecule is COc1cccc(NC(=O)CSC2=C(C#N)C(c3ccco3)C(C(=O)Nc3ccccc3)=C(C)N2)c1. The Morgan fingerprint density at radius 3 is 2.56 bits per heavy atom. The van der Waals surface area contributed by atoms with Gasteiger partial charge >= 0.3 is 0 Å². The van der Waals surface area contributed by atoms with E-state index in [1.807, 2.05) is 18.2 Å². The third kappa shape index (κ3) is 5.62.